The Hall–Kier alpha value is -1.35. The lowest BCUT2D eigenvalue weighted by atomic mass is 9.94. The summed E-state index contributed by atoms with van der Waals surface area (Å²) in [5.41, 5.74) is 1.32. The van der Waals surface area contributed by atoms with Crippen LogP contribution >= 0.6 is 0 Å². The molecule has 1 heterocycles. The predicted octanol–water partition coefficient (Wildman–Crippen LogP) is 1.61. The van der Waals surface area contributed by atoms with Gasteiger partial charge in [0.2, 0.25) is 5.91 Å². The molecule has 2 atom stereocenters. The molecule has 1 aliphatic rings. The van der Waals surface area contributed by atoms with Crippen molar-refractivity contribution in [3.8, 4) is 0 Å². The molecule has 0 radical (unpaired) electrons. The van der Waals surface area contributed by atoms with Gasteiger partial charge in [0.05, 0.1) is 0 Å². The van der Waals surface area contributed by atoms with Gasteiger partial charge in [-0.15, -0.1) is 0 Å². The Labute approximate surface area is 103 Å². The molecule has 1 saturated heterocycles. The first kappa shape index (κ1) is 12.1. The van der Waals surface area contributed by atoms with E-state index < -0.39 is 0 Å². The minimum Gasteiger partial charge on any atom is -0.340 e. The summed E-state index contributed by atoms with van der Waals surface area (Å²) in [4.78, 5) is 13.7. The summed E-state index contributed by atoms with van der Waals surface area (Å²) in [6.45, 7) is 3.58. The van der Waals surface area contributed by atoms with Crippen molar-refractivity contribution in [2.24, 2.45) is 0 Å². The van der Waals surface area contributed by atoms with Gasteiger partial charge < -0.3 is 10.2 Å². The van der Waals surface area contributed by atoms with Crippen LogP contribution in [0, 0.1) is 0 Å². The number of nitrogens with one attached hydrogen (secondary N) is 1. The zero-order chi connectivity index (χ0) is 12.3. The lowest BCUT2D eigenvalue weighted by Crippen LogP contribution is -2.34. The first-order valence-electron chi connectivity index (χ1n) is 6.26. The largest absolute Gasteiger partial charge is 0.340 e. The van der Waals surface area contributed by atoms with Crippen molar-refractivity contribution >= 4 is 5.91 Å². The van der Waals surface area contributed by atoms with Gasteiger partial charge in [0.15, 0.2) is 0 Å². The normalized spacial score (nSPS) is 24.0. The molecule has 1 N–H and O–H groups in total. The van der Waals surface area contributed by atoms with E-state index in [0.29, 0.717) is 18.4 Å². The number of hydrogen-bond acceptors (Lipinski definition) is 2. The molecule has 1 fully saturated rings. The van der Waals surface area contributed by atoms with Gasteiger partial charge in [-0.2, -0.15) is 0 Å². The number of rotatable bonds is 3. The molecule has 1 aromatic carbocycles. The summed E-state index contributed by atoms with van der Waals surface area (Å²) in [5, 5.41) is 3.33. The summed E-state index contributed by atoms with van der Waals surface area (Å²) in [6.07, 6.45) is 0.595. The highest BCUT2D eigenvalue weighted by atomic mass is 16.2. The van der Waals surface area contributed by atoms with Crippen LogP contribution in [0.2, 0.25) is 0 Å². The maximum Gasteiger partial charge on any atom is 0.222 e. The monoisotopic (exact) mass is 232 g/mol. The van der Waals surface area contributed by atoms with Gasteiger partial charge in [0.1, 0.15) is 0 Å². The van der Waals surface area contributed by atoms with Crippen molar-refractivity contribution in [1.82, 2.24) is 10.2 Å². The van der Waals surface area contributed by atoms with Gasteiger partial charge in [-0.25, -0.2) is 0 Å². The lowest BCUT2D eigenvalue weighted by Gasteiger charge is -2.17. The molecular weight excluding hydrogens is 212 g/mol. The van der Waals surface area contributed by atoms with E-state index in [9.17, 15) is 4.79 Å². The van der Waals surface area contributed by atoms with E-state index in [-0.39, 0.29) is 5.91 Å². The molecular formula is C14H20N2O. The summed E-state index contributed by atoms with van der Waals surface area (Å²) < 4.78 is 0. The SMILES string of the molecule is CCC(=O)N1C[C@H](NC)[C@@H](c2ccccc2)C1. The summed E-state index contributed by atoms with van der Waals surface area (Å²) in [5.74, 6) is 0.667. The van der Waals surface area contributed by atoms with Gasteiger partial charge in [0, 0.05) is 31.5 Å². The molecule has 0 aliphatic carbocycles. The van der Waals surface area contributed by atoms with Gasteiger partial charge in [-0.05, 0) is 12.6 Å². The standard InChI is InChI=1S/C14H20N2O/c1-3-14(17)16-9-12(13(10-16)15-2)11-7-5-4-6-8-11/h4-8,12-13,15H,3,9-10H2,1-2H3/t12-,13+/m1/s1. The third-order valence-corrected chi connectivity index (χ3v) is 3.57. The molecule has 1 amide bonds. The van der Waals surface area contributed by atoms with Crippen LogP contribution in [0.5, 0.6) is 0 Å². The molecule has 3 nitrogen and oxygen atoms in total. The molecule has 0 aromatic heterocycles. The highest BCUT2D eigenvalue weighted by Crippen LogP contribution is 2.27. The Morgan fingerprint density at radius 2 is 2.06 bits per heavy atom. The second-order valence-corrected chi connectivity index (χ2v) is 4.56. The van der Waals surface area contributed by atoms with E-state index in [1.807, 2.05) is 24.9 Å². The van der Waals surface area contributed by atoms with Crippen LogP contribution in [0.4, 0.5) is 0 Å². The topological polar surface area (TPSA) is 32.3 Å². The zero-order valence-corrected chi connectivity index (χ0v) is 10.5. The van der Waals surface area contributed by atoms with Crippen LogP contribution < -0.4 is 5.32 Å². The van der Waals surface area contributed by atoms with Gasteiger partial charge in [-0.3, -0.25) is 4.79 Å². The number of benzene rings is 1. The fourth-order valence-electron chi connectivity index (χ4n) is 2.56. The minimum absolute atomic E-state index is 0.253. The minimum atomic E-state index is 0.253. The fraction of sp³-hybridized carbons (Fsp3) is 0.500. The molecule has 0 unspecified atom stereocenters. The van der Waals surface area contributed by atoms with Gasteiger partial charge in [-0.1, -0.05) is 37.3 Å². The summed E-state index contributed by atoms with van der Waals surface area (Å²) in [7, 11) is 1.97. The number of likely N-dealkylation sites (tertiary alicyclic amines) is 1. The highest BCUT2D eigenvalue weighted by molar-refractivity contribution is 5.76. The summed E-state index contributed by atoms with van der Waals surface area (Å²) >= 11 is 0. The summed E-state index contributed by atoms with van der Waals surface area (Å²) in [6, 6.07) is 10.8. The van der Waals surface area contributed by atoms with E-state index in [1.165, 1.54) is 5.56 Å². The van der Waals surface area contributed by atoms with Crippen molar-refractivity contribution in [1.29, 1.82) is 0 Å². The predicted molar refractivity (Wildman–Crippen MR) is 68.9 cm³/mol. The first-order valence-corrected chi connectivity index (χ1v) is 6.26. The lowest BCUT2D eigenvalue weighted by molar-refractivity contribution is -0.129. The Bertz CT molecular complexity index is 377. The highest BCUT2D eigenvalue weighted by Gasteiger charge is 2.34. The van der Waals surface area contributed by atoms with Crippen molar-refractivity contribution in [2.45, 2.75) is 25.3 Å². The first-order chi connectivity index (χ1) is 8.26. The van der Waals surface area contributed by atoms with Crippen LogP contribution in [0.15, 0.2) is 30.3 Å². The Morgan fingerprint density at radius 3 is 2.65 bits per heavy atom. The molecule has 92 valence electrons. The third-order valence-electron chi connectivity index (χ3n) is 3.57. The maximum atomic E-state index is 11.8. The van der Waals surface area contributed by atoms with Crippen molar-refractivity contribution in [2.75, 3.05) is 20.1 Å². The average Bonchev–Trinajstić information content (AvgIpc) is 2.83. The van der Waals surface area contributed by atoms with E-state index in [4.69, 9.17) is 0 Å². The number of nitrogens with zero attached hydrogens (tertiary/aromatic N) is 1. The second kappa shape index (κ2) is 5.32. The molecule has 0 saturated carbocycles. The second-order valence-electron chi connectivity index (χ2n) is 4.56. The van der Waals surface area contributed by atoms with Crippen LogP contribution in [-0.4, -0.2) is 37.0 Å². The Kier molecular flexibility index (Phi) is 3.79. The zero-order valence-electron chi connectivity index (χ0n) is 10.5. The fourth-order valence-corrected chi connectivity index (χ4v) is 2.56. The van der Waals surface area contributed by atoms with E-state index >= 15 is 0 Å². The van der Waals surface area contributed by atoms with Crippen molar-refractivity contribution in [3.63, 3.8) is 0 Å². The van der Waals surface area contributed by atoms with Gasteiger partial charge in [0.25, 0.3) is 0 Å². The van der Waals surface area contributed by atoms with Crippen LogP contribution in [-0.2, 0) is 4.79 Å². The number of likely N-dealkylation sites (N-methyl/N-ethyl adjacent to an activating group) is 1. The molecule has 3 heteroatoms. The number of carbonyl (C=O) groups excluding carboxylic acids is 1. The molecule has 0 bridgehead atoms. The van der Waals surface area contributed by atoms with E-state index in [0.717, 1.165) is 13.1 Å². The Balaban J connectivity index is 2.15. The molecule has 0 spiro atoms. The molecule has 2 rings (SSSR count). The number of carbonyl (C=O) groups is 1. The van der Waals surface area contributed by atoms with Crippen molar-refractivity contribution in [3.05, 3.63) is 35.9 Å². The average molecular weight is 232 g/mol. The number of amides is 1. The molecule has 1 aliphatic heterocycles. The van der Waals surface area contributed by atoms with Crippen LogP contribution in [0.25, 0.3) is 0 Å². The third kappa shape index (κ3) is 2.50. The molecule has 1 aromatic rings. The quantitative estimate of drug-likeness (QED) is 0.858. The smallest absolute Gasteiger partial charge is 0.222 e. The van der Waals surface area contributed by atoms with Crippen molar-refractivity contribution < 1.29 is 4.79 Å². The Morgan fingerprint density at radius 1 is 1.35 bits per heavy atom. The number of hydrogen-bond donors (Lipinski definition) is 1. The molecule has 17 heavy (non-hydrogen) atoms. The van der Waals surface area contributed by atoms with Crippen LogP contribution in [0.1, 0.15) is 24.8 Å². The van der Waals surface area contributed by atoms with Crippen LogP contribution in [0.3, 0.4) is 0 Å². The van der Waals surface area contributed by atoms with E-state index in [2.05, 4.69) is 29.6 Å². The maximum absolute atomic E-state index is 11.8. The van der Waals surface area contributed by atoms with E-state index in [1.54, 1.807) is 0 Å². The van der Waals surface area contributed by atoms with Gasteiger partial charge >= 0.3 is 0 Å².